The van der Waals surface area contributed by atoms with Gasteiger partial charge >= 0.3 is 0 Å². The van der Waals surface area contributed by atoms with Gasteiger partial charge in [-0.05, 0) is 39.3 Å². The molecule has 1 unspecified atom stereocenters. The second-order valence-electron chi connectivity index (χ2n) is 8.15. The number of morpholine rings is 1. The van der Waals surface area contributed by atoms with Crippen LogP contribution in [0.1, 0.15) is 19.3 Å². The smallest absolute Gasteiger partial charge is 0.193 e. The zero-order valence-electron chi connectivity index (χ0n) is 16.9. The van der Waals surface area contributed by atoms with Crippen LogP contribution >= 0.6 is 0 Å². The fourth-order valence-corrected chi connectivity index (χ4v) is 4.43. The number of rotatable bonds is 5. The van der Waals surface area contributed by atoms with Crippen LogP contribution in [0.2, 0.25) is 0 Å². The Balaban J connectivity index is 1.49. The molecule has 3 rings (SSSR count). The highest BCUT2D eigenvalue weighted by Gasteiger charge is 2.35. The number of nitrogens with one attached hydrogen (secondary N) is 1. The Morgan fingerprint density at radius 3 is 2.46 bits per heavy atom. The molecule has 150 valence electrons. The zero-order valence-corrected chi connectivity index (χ0v) is 16.9. The lowest BCUT2D eigenvalue weighted by molar-refractivity contribution is -0.00522. The molecule has 3 aliphatic heterocycles. The Hall–Kier alpha value is -0.890. The number of aliphatic imine (C=N–C) groups is 1. The van der Waals surface area contributed by atoms with E-state index in [2.05, 4.69) is 39.1 Å². The van der Waals surface area contributed by atoms with E-state index in [1.54, 1.807) is 0 Å². The number of likely N-dealkylation sites (N-methyl/N-ethyl adjacent to an activating group) is 1. The topological polar surface area (TPSA) is 52.6 Å². The van der Waals surface area contributed by atoms with Crippen molar-refractivity contribution < 1.29 is 9.47 Å². The third-order valence-electron chi connectivity index (χ3n) is 6.37. The zero-order chi connectivity index (χ0) is 18.4. The molecule has 7 heteroatoms. The molecule has 0 radical (unpaired) electrons. The Morgan fingerprint density at radius 2 is 1.81 bits per heavy atom. The van der Waals surface area contributed by atoms with E-state index in [4.69, 9.17) is 9.47 Å². The minimum Gasteiger partial charge on any atom is -0.381 e. The number of hydrogen-bond donors (Lipinski definition) is 1. The van der Waals surface area contributed by atoms with E-state index in [1.807, 2.05) is 7.05 Å². The third-order valence-corrected chi connectivity index (χ3v) is 6.37. The molecule has 26 heavy (non-hydrogen) atoms. The van der Waals surface area contributed by atoms with Crippen LogP contribution in [0.5, 0.6) is 0 Å². The standard InChI is InChI=1S/C19H37N5O2/c1-20-18(21-16-19(22(2)3)5-10-25-11-6-19)24-7-4-17(15-24)14-23-8-12-26-13-9-23/h17H,4-16H2,1-3H3,(H,20,21). The van der Waals surface area contributed by atoms with Gasteiger partial charge in [-0.15, -0.1) is 0 Å². The van der Waals surface area contributed by atoms with Crippen molar-refractivity contribution in [2.24, 2.45) is 10.9 Å². The van der Waals surface area contributed by atoms with Crippen LogP contribution < -0.4 is 5.32 Å². The third kappa shape index (κ3) is 4.88. The van der Waals surface area contributed by atoms with Crippen molar-refractivity contribution in [3.63, 3.8) is 0 Å². The molecule has 1 N–H and O–H groups in total. The van der Waals surface area contributed by atoms with Gasteiger partial charge < -0.3 is 24.6 Å². The molecule has 0 bridgehead atoms. The molecule has 7 nitrogen and oxygen atoms in total. The summed E-state index contributed by atoms with van der Waals surface area (Å²) >= 11 is 0. The summed E-state index contributed by atoms with van der Waals surface area (Å²) in [5, 5.41) is 3.67. The van der Waals surface area contributed by atoms with Crippen molar-refractivity contribution >= 4 is 5.96 Å². The van der Waals surface area contributed by atoms with E-state index in [-0.39, 0.29) is 5.54 Å². The summed E-state index contributed by atoms with van der Waals surface area (Å²) in [6.07, 6.45) is 3.40. The lowest BCUT2D eigenvalue weighted by Crippen LogP contribution is -2.57. The summed E-state index contributed by atoms with van der Waals surface area (Å²) in [4.78, 5) is 11.9. The maximum Gasteiger partial charge on any atom is 0.193 e. The first kappa shape index (κ1) is 19.9. The summed E-state index contributed by atoms with van der Waals surface area (Å²) in [5.74, 6) is 1.79. The average Bonchev–Trinajstić information content (AvgIpc) is 3.12. The Bertz CT molecular complexity index is 459. The minimum absolute atomic E-state index is 0.168. The van der Waals surface area contributed by atoms with Gasteiger partial charge in [0.2, 0.25) is 0 Å². The van der Waals surface area contributed by atoms with E-state index in [0.29, 0.717) is 0 Å². The molecule has 0 aliphatic carbocycles. The number of ether oxygens (including phenoxy) is 2. The maximum absolute atomic E-state index is 5.59. The Morgan fingerprint density at radius 1 is 1.12 bits per heavy atom. The first-order chi connectivity index (χ1) is 12.6. The molecule has 0 aromatic heterocycles. The van der Waals surface area contributed by atoms with Gasteiger partial charge in [-0.25, -0.2) is 0 Å². The van der Waals surface area contributed by atoms with Gasteiger partial charge in [0.25, 0.3) is 0 Å². The van der Waals surface area contributed by atoms with Gasteiger partial charge in [0.05, 0.1) is 13.2 Å². The lowest BCUT2D eigenvalue weighted by atomic mass is 9.88. The molecular weight excluding hydrogens is 330 g/mol. The van der Waals surface area contributed by atoms with Crippen LogP contribution in [-0.2, 0) is 9.47 Å². The summed E-state index contributed by atoms with van der Waals surface area (Å²) in [6, 6.07) is 0. The van der Waals surface area contributed by atoms with E-state index in [1.165, 1.54) is 13.0 Å². The van der Waals surface area contributed by atoms with Crippen molar-refractivity contribution in [2.45, 2.75) is 24.8 Å². The van der Waals surface area contributed by atoms with Gasteiger partial charge in [0.1, 0.15) is 0 Å². The summed E-state index contributed by atoms with van der Waals surface area (Å²) in [6.45, 7) is 9.96. The predicted octanol–water partition coefficient (Wildman–Crippen LogP) is 0.327. The van der Waals surface area contributed by atoms with Gasteiger partial charge in [-0.3, -0.25) is 9.89 Å². The molecule has 3 saturated heterocycles. The van der Waals surface area contributed by atoms with E-state index in [0.717, 1.165) is 83.9 Å². The average molecular weight is 368 g/mol. The molecule has 1 atom stereocenters. The van der Waals surface area contributed by atoms with E-state index < -0.39 is 0 Å². The lowest BCUT2D eigenvalue weighted by Gasteiger charge is -2.43. The molecule has 3 heterocycles. The largest absolute Gasteiger partial charge is 0.381 e. The van der Waals surface area contributed by atoms with Crippen LogP contribution in [-0.4, -0.2) is 113 Å². The fourth-order valence-electron chi connectivity index (χ4n) is 4.43. The molecule has 0 aromatic carbocycles. The summed E-state index contributed by atoms with van der Waals surface area (Å²) in [5.41, 5.74) is 0.168. The maximum atomic E-state index is 5.59. The van der Waals surface area contributed by atoms with E-state index >= 15 is 0 Å². The normalized spacial score (nSPS) is 27.9. The fraction of sp³-hybridized carbons (Fsp3) is 0.947. The first-order valence-electron chi connectivity index (χ1n) is 10.1. The molecule has 3 aliphatic rings. The first-order valence-corrected chi connectivity index (χ1v) is 10.1. The molecule has 0 saturated carbocycles. The van der Waals surface area contributed by atoms with Gasteiger partial charge in [0, 0.05) is 65.1 Å². The highest BCUT2D eigenvalue weighted by Crippen LogP contribution is 2.25. The van der Waals surface area contributed by atoms with Crippen LogP contribution in [0.3, 0.4) is 0 Å². The van der Waals surface area contributed by atoms with Gasteiger partial charge in [0.15, 0.2) is 5.96 Å². The van der Waals surface area contributed by atoms with E-state index in [9.17, 15) is 0 Å². The van der Waals surface area contributed by atoms with Crippen molar-refractivity contribution in [1.82, 2.24) is 20.0 Å². The van der Waals surface area contributed by atoms with Gasteiger partial charge in [-0.2, -0.15) is 0 Å². The highest BCUT2D eigenvalue weighted by atomic mass is 16.5. The van der Waals surface area contributed by atoms with Crippen LogP contribution in [0, 0.1) is 5.92 Å². The quantitative estimate of drug-likeness (QED) is 0.558. The predicted molar refractivity (Wildman–Crippen MR) is 105 cm³/mol. The molecular formula is C19H37N5O2. The molecule has 3 fully saturated rings. The number of nitrogens with zero attached hydrogens (tertiary/aromatic N) is 4. The van der Waals surface area contributed by atoms with Gasteiger partial charge in [-0.1, -0.05) is 0 Å². The van der Waals surface area contributed by atoms with Crippen molar-refractivity contribution in [3.8, 4) is 0 Å². The second-order valence-corrected chi connectivity index (χ2v) is 8.15. The number of guanidine groups is 1. The van der Waals surface area contributed by atoms with Crippen LogP contribution in [0.4, 0.5) is 0 Å². The number of likely N-dealkylation sites (tertiary alicyclic amines) is 1. The molecule has 0 spiro atoms. The Kier molecular flexibility index (Phi) is 7.14. The minimum atomic E-state index is 0.168. The van der Waals surface area contributed by atoms with Crippen molar-refractivity contribution in [3.05, 3.63) is 0 Å². The summed E-state index contributed by atoms with van der Waals surface area (Å²) in [7, 11) is 6.28. The van der Waals surface area contributed by atoms with Crippen molar-refractivity contribution in [1.29, 1.82) is 0 Å². The summed E-state index contributed by atoms with van der Waals surface area (Å²) < 4.78 is 11.1. The second kappa shape index (κ2) is 9.35. The molecule has 0 aromatic rings. The SMILES string of the molecule is CN=C(NCC1(N(C)C)CCOCC1)N1CCC(CN2CCOCC2)C1. The monoisotopic (exact) mass is 367 g/mol. The van der Waals surface area contributed by atoms with Crippen molar-refractivity contribution in [2.75, 3.05) is 86.8 Å². The Labute approximate surface area is 158 Å². The molecule has 0 amide bonds. The van der Waals surface area contributed by atoms with Crippen LogP contribution in [0.25, 0.3) is 0 Å². The van der Waals surface area contributed by atoms with Crippen LogP contribution in [0.15, 0.2) is 4.99 Å². The number of hydrogen-bond acceptors (Lipinski definition) is 5. The highest BCUT2D eigenvalue weighted by molar-refractivity contribution is 5.80.